The molecule has 3 amide bonds. The molecule has 1 unspecified atom stereocenters. The smallest absolute Gasteiger partial charge is 0.257 e. The molecule has 1 aliphatic heterocycles. The van der Waals surface area contributed by atoms with Crippen molar-refractivity contribution in [2.24, 2.45) is 0 Å². The summed E-state index contributed by atoms with van der Waals surface area (Å²) in [5.74, 6) is -1.03. The van der Waals surface area contributed by atoms with Crippen LogP contribution in [0.15, 0.2) is 72.8 Å². The van der Waals surface area contributed by atoms with Gasteiger partial charge in [0.1, 0.15) is 6.04 Å². The molecule has 4 rings (SSSR count). The van der Waals surface area contributed by atoms with Crippen molar-refractivity contribution >= 4 is 69.2 Å². The Morgan fingerprint density at radius 3 is 2.30 bits per heavy atom. The topological polar surface area (TPSA) is 57.7 Å². The van der Waals surface area contributed by atoms with Gasteiger partial charge in [-0.1, -0.05) is 53.5 Å². The zero-order valence-electron chi connectivity index (χ0n) is 17.4. The van der Waals surface area contributed by atoms with E-state index in [-0.39, 0.29) is 31.2 Å². The fourth-order valence-corrected chi connectivity index (χ4v) is 4.46. The number of rotatable bonds is 6. The third kappa shape index (κ3) is 5.39. The van der Waals surface area contributed by atoms with Crippen LogP contribution in [0.2, 0.25) is 10.0 Å². The van der Waals surface area contributed by atoms with E-state index >= 15 is 0 Å². The molecule has 33 heavy (non-hydrogen) atoms. The Labute approximate surface area is 215 Å². The minimum Gasteiger partial charge on any atom is -0.325 e. The number of carbonyl (C=O) groups excluding carboxylic acids is 3. The van der Waals surface area contributed by atoms with Crippen LogP contribution in [0.3, 0.4) is 0 Å². The molecule has 3 aromatic carbocycles. The number of halogens is 3. The number of benzene rings is 3. The molecule has 0 spiro atoms. The zero-order chi connectivity index (χ0) is 23.5. The second-order valence-corrected chi connectivity index (χ2v) is 9.77. The highest BCUT2D eigenvalue weighted by Gasteiger charge is 2.44. The van der Waals surface area contributed by atoms with Crippen LogP contribution in [0.4, 0.5) is 5.69 Å². The Kier molecular flexibility index (Phi) is 7.36. The maximum atomic E-state index is 13.4. The van der Waals surface area contributed by atoms with Gasteiger partial charge in [-0.2, -0.15) is 0 Å². The largest absolute Gasteiger partial charge is 0.325 e. The van der Waals surface area contributed by atoms with Crippen LogP contribution in [0.1, 0.15) is 17.5 Å². The van der Waals surface area contributed by atoms with Crippen LogP contribution in [-0.4, -0.2) is 28.7 Å². The Morgan fingerprint density at radius 1 is 0.970 bits per heavy atom. The summed E-state index contributed by atoms with van der Waals surface area (Å²) in [6.45, 7) is 0.121. The van der Waals surface area contributed by atoms with Gasteiger partial charge in [-0.25, -0.2) is 4.90 Å². The second kappa shape index (κ2) is 10.2. The highest BCUT2D eigenvalue weighted by atomic mass is 127. The molecule has 0 radical (unpaired) electrons. The molecule has 1 heterocycles. The second-order valence-electron chi connectivity index (χ2n) is 7.68. The molecule has 8 heteroatoms. The standard InChI is InChI=1S/C25H19Cl2IN2O3/c26-18-7-5-16(6-8-18)13-23(31)29(15-17-3-1-2-4-21(17)27)22-14-24(32)30(25(22)33)20-11-9-19(28)10-12-20/h1-12,22H,13-15H2. The molecule has 168 valence electrons. The van der Waals surface area contributed by atoms with Crippen LogP contribution in [-0.2, 0) is 27.3 Å². The number of hydrogen-bond acceptors (Lipinski definition) is 3. The third-order valence-corrected chi connectivity index (χ3v) is 6.81. The van der Waals surface area contributed by atoms with E-state index < -0.39 is 11.9 Å². The number of anilines is 1. The molecule has 0 aromatic heterocycles. The van der Waals surface area contributed by atoms with Gasteiger partial charge in [-0.15, -0.1) is 0 Å². The van der Waals surface area contributed by atoms with Gasteiger partial charge in [-0.05, 0) is 76.2 Å². The maximum absolute atomic E-state index is 13.4. The Balaban J connectivity index is 1.64. The van der Waals surface area contributed by atoms with Gasteiger partial charge in [0.25, 0.3) is 5.91 Å². The van der Waals surface area contributed by atoms with Crippen LogP contribution >= 0.6 is 45.8 Å². The lowest BCUT2D eigenvalue weighted by Gasteiger charge is -2.28. The first-order valence-corrected chi connectivity index (χ1v) is 12.1. The Morgan fingerprint density at radius 2 is 1.64 bits per heavy atom. The average Bonchev–Trinajstić information content (AvgIpc) is 3.09. The van der Waals surface area contributed by atoms with E-state index in [4.69, 9.17) is 23.2 Å². The van der Waals surface area contributed by atoms with Gasteiger partial charge in [0.05, 0.1) is 18.5 Å². The van der Waals surface area contributed by atoms with Gasteiger partial charge in [-0.3, -0.25) is 14.4 Å². The number of imide groups is 1. The number of amides is 3. The summed E-state index contributed by atoms with van der Waals surface area (Å²) in [7, 11) is 0. The summed E-state index contributed by atoms with van der Waals surface area (Å²) in [5.41, 5.74) is 1.96. The summed E-state index contributed by atoms with van der Waals surface area (Å²) in [6, 6.07) is 20.3. The molecule has 1 fully saturated rings. The van der Waals surface area contributed by atoms with E-state index in [0.717, 1.165) is 14.0 Å². The maximum Gasteiger partial charge on any atom is 0.257 e. The highest BCUT2D eigenvalue weighted by Crippen LogP contribution is 2.29. The molecule has 1 aliphatic rings. The van der Waals surface area contributed by atoms with Crippen LogP contribution in [0.25, 0.3) is 0 Å². The lowest BCUT2D eigenvalue weighted by atomic mass is 10.1. The van der Waals surface area contributed by atoms with Gasteiger partial charge >= 0.3 is 0 Å². The fraction of sp³-hybridized carbons (Fsp3) is 0.160. The highest BCUT2D eigenvalue weighted by molar-refractivity contribution is 14.1. The van der Waals surface area contributed by atoms with Gasteiger partial charge in [0, 0.05) is 20.2 Å². The third-order valence-electron chi connectivity index (χ3n) is 5.47. The molecular formula is C25H19Cl2IN2O3. The summed E-state index contributed by atoms with van der Waals surface area (Å²) in [5, 5.41) is 1.07. The predicted octanol–water partition coefficient (Wildman–Crippen LogP) is 5.50. The van der Waals surface area contributed by atoms with E-state index in [1.807, 2.05) is 24.3 Å². The summed E-state index contributed by atoms with van der Waals surface area (Å²) in [4.78, 5) is 42.3. The molecule has 0 saturated carbocycles. The van der Waals surface area contributed by atoms with Crippen LogP contribution < -0.4 is 4.90 Å². The lowest BCUT2D eigenvalue weighted by molar-refractivity contribution is -0.138. The minimum absolute atomic E-state index is 0.0725. The normalized spacial score (nSPS) is 15.7. The molecule has 0 N–H and O–H groups in total. The molecule has 1 atom stereocenters. The van der Waals surface area contributed by atoms with E-state index in [2.05, 4.69) is 22.6 Å². The Bertz CT molecular complexity index is 1200. The van der Waals surface area contributed by atoms with Gasteiger partial charge in [0.2, 0.25) is 11.8 Å². The first kappa shape index (κ1) is 23.7. The first-order chi connectivity index (χ1) is 15.8. The van der Waals surface area contributed by atoms with Crippen molar-refractivity contribution in [3.63, 3.8) is 0 Å². The van der Waals surface area contributed by atoms with Crippen molar-refractivity contribution < 1.29 is 14.4 Å². The van der Waals surface area contributed by atoms with E-state index in [1.54, 1.807) is 48.5 Å². The first-order valence-electron chi connectivity index (χ1n) is 10.2. The van der Waals surface area contributed by atoms with Crippen molar-refractivity contribution in [3.8, 4) is 0 Å². The van der Waals surface area contributed by atoms with Gasteiger partial charge in [0.15, 0.2) is 0 Å². The summed E-state index contributed by atoms with van der Waals surface area (Å²) < 4.78 is 0.991. The minimum atomic E-state index is -0.909. The SMILES string of the molecule is O=C1CC(N(Cc2ccccc2Cl)C(=O)Cc2ccc(Cl)cc2)C(=O)N1c1ccc(I)cc1. The van der Waals surface area contributed by atoms with Crippen LogP contribution in [0, 0.1) is 3.57 Å². The summed E-state index contributed by atoms with van der Waals surface area (Å²) in [6.07, 6.45) is -0.00917. The predicted molar refractivity (Wildman–Crippen MR) is 137 cm³/mol. The number of hydrogen-bond donors (Lipinski definition) is 0. The molecule has 5 nitrogen and oxygen atoms in total. The van der Waals surface area contributed by atoms with Gasteiger partial charge < -0.3 is 4.90 Å². The van der Waals surface area contributed by atoms with Crippen molar-refractivity contribution in [1.29, 1.82) is 0 Å². The number of carbonyl (C=O) groups is 3. The van der Waals surface area contributed by atoms with E-state index in [9.17, 15) is 14.4 Å². The molecule has 1 saturated heterocycles. The van der Waals surface area contributed by atoms with Crippen molar-refractivity contribution in [2.75, 3.05) is 4.90 Å². The van der Waals surface area contributed by atoms with Crippen molar-refractivity contribution in [3.05, 3.63) is 97.5 Å². The molecule has 0 bridgehead atoms. The lowest BCUT2D eigenvalue weighted by Crippen LogP contribution is -2.45. The van der Waals surface area contributed by atoms with Crippen molar-refractivity contribution in [1.82, 2.24) is 4.90 Å². The molecular weight excluding hydrogens is 574 g/mol. The monoisotopic (exact) mass is 592 g/mol. The summed E-state index contributed by atoms with van der Waals surface area (Å²) >= 11 is 14.5. The molecule has 3 aromatic rings. The fourth-order valence-electron chi connectivity index (χ4n) is 3.78. The van der Waals surface area contributed by atoms with E-state index in [1.165, 1.54) is 4.90 Å². The van der Waals surface area contributed by atoms with Crippen LogP contribution in [0.5, 0.6) is 0 Å². The molecule has 0 aliphatic carbocycles. The Hall–Kier alpha value is -2.42. The zero-order valence-corrected chi connectivity index (χ0v) is 21.0. The number of nitrogens with zero attached hydrogens (tertiary/aromatic N) is 2. The van der Waals surface area contributed by atoms with E-state index in [0.29, 0.717) is 21.3 Å². The quantitative estimate of drug-likeness (QED) is 0.280. The van der Waals surface area contributed by atoms with Crippen molar-refractivity contribution in [2.45, 2.75) is 25.4 Å². The average molecular weight is 593 g/mol.